The number of azo groups is 1. The molecular formula is C27H34N4O3. The monoisotopic (exact) mass is 462 g/mol. The number of nitrogens with zero attached hydrogens (tertiary/aromatic N) is 3. The average molecular weight is 463 g/mol. The van der Waals surface area contributed by atoms with E-state index in [1.807, 2.05) is 56.3 Å². The Balaban J connectivity index is 1.97. The van der Waals surface area contributed by atoms with Crippen molar-refractivity contribution in [2.24, 2.45) is 10.2 Å². The fourth-order valence-electron chi connectivity index (χ4n) is 3.86. The van der Waals surface area contributed by atoms with Gasteiger partial charge in [-0.3, -0.25) is 4.90 Å². The Morgan fingerprint density at radius 3 is 2.12 bits per heavy atom. The fraction of sp³-hybridized carbons (Fsp3) is 0.333. The second-order valence-electron chi connectivity index (χ2n) is 8.18. The van der Waals surface area contributed by atoms with Gasteiger partial charge in [-0.05, 0) is 79.0 Å². The lowest BCUT2D eigenvalue weighted by atomic mass is 10.0. The van der Waals surface area contributed by atoms with Crippen LogP contribution < -0.4 is 15.2 Å². The number of phenolic OH excluding ortho intramolecular Hbond substituents is 1. The molecule has 0 saturated carbocycles. The highest BCUT2D eigenvalue weighted by molar-refractivity contribution is 5.73. The van der Waals surface area contributed by atoms with Gasteiger partial charge in [0.15, 0.2) is 0 Å². The Morgan fingerprint density at radius 2 is 1.50 bits per heavy atom. The summed E-state index contributed by atoms with van der Waals surface area (Å²) in [5, 5.41) is 19.6. The van der Waals surface area contributed by atoms with E-state index in [-0.39, 0.29) is 5.75 Å². The molecule has 0 fully saturated rings. The van der Waals surface area contributed by atoms with Gasteiger partial charge in [0.05, 0.1) is 19.9 Å². The zero-order valence-electron chi connectivity index (χ0n) is 20.8. The summed E-state index contributed by atoms with van der Waals surface area (Å²) in [7, 11) is 3.19. The molecule has 7 heteroatoms. The molecule has 0 amide bonds. The molecule has 0 unspecified atom stereocenters. The van der Waals surface area contributed by atoms with E-state index in [2.05, 4.69) is 29.0 Å². The van der Waals surface area contributed by atoms with Crippen LogP contribution in [0.5, 0.6) is 17.2 Å². The average Bonchev–Trinajstić information content (AvgIpc) is 2.85. The number of hydrogen-bond acceptors (Lipinski definition) is 7. The molecule has 0 saturated heterocycles. The van der Waals surface area contributed by atoms with Crippen molar-refractivity contribution in [1.82, 2.24) is 4.90 Å². The van der Waals surface area contributed by atoms with Crippen molar-refractivity contribution in [3.63, 3.8) is 0 Å². The van der Waals surface area contributed by atoms with Crippen LogP contribution in [-0.2, 0) is 6.54 Å². The number of nitrogens with two attached hydrogens (primary N) is 1. The molecular weight excluding hydrogens is 428 g/mol. The Labute approximate surface area is 201 Å². The highest BCUT2D eigenvalue weighted by Gasteiger charge is 2.15. The van der Waals surface area contributed by atoms with Gasteiger partial charge in [-0.25, -0.2) is 0 Å². The van der Waals surface area contributed by atoms with Crippen LogP contribution in [0, 0.1) is 13.8 Å². The number of methoxy groups -OCH3 is 2. The number of phenols is 1. The number of hydrogen-bond donors (Lipinski definition) is 2. The smallest absolute Gasteiger partial charge is 0.146 e. The summed E-state index contributed by atoms with van der Waals surface area (Å²) in [6.45, 7) is 10.8. The Bertz CT molecular complexity index is 1190. The number of nitrogen functional groups attached to an aromatic ring is 1. The van der Waals surface area contributed by atoms with E-state index >= 15 is 0 Å². The summed E-state index contributed by atoms with van der Waals surface area (Å²) in [6.07, 6.45) is 0. The first-order valence-electron chi connectivity index (χ1n) is 11.4. The predicted molar refractivity (Wildman–Crippen MR) is 138 cm³/mol. The molecule has 0 aromatic heterocycles. The SMILES string of the molecule is CCN(CC)Cc1cc(C)c(O)c(N=Nc2ccc(-c3ccc(N)c(OC)c3)cc2OC)c1C. The minimum absolute atomic E-state index is 0.147. The van der Waals surface area contributed by atoms with E-state index in [4.69, 9.17) is 15.2 Å². The minimum atomic E-state index is 0.147. The standard InChI is InChI=1S/C27H34N4O3/c1-7-31(8-2)16-21-13-17(3)27(32)26(18(21)4)30-29-23-12-10-20(15-25(23)34-6)19-9-11-22(28)24(14-19)33-5/h9-15,32H,7-8,16,28H2,1-6H3. The van der Waals surface area contributed by atoms with Crippen LogP contribution in [0.25, 0.3) is 11.1 Å². The molecule has 3 aromatic rings. The third-order valence-corrected chi connectivity index (χ3v) is 6.12. The van der Waals surface area contributed by atoms with Crippen molar-refractivity contribution in [3.8, 4) is 28.4 Å². The summed E-state index contributed by atoms with van der Waals surface area (Å²) in [5.41, 5.74) is 12.3. The van der Waals surface area contributed by atoms with Gasteiger partial charge in [-0.1, -0.05) is 32.0 Å². The van der Waals surface area contributed by atoms with Crippen LogP contribution in [0.2, 0.25) is 0 Å². The van der Waals surface area contributed by atoms with Gasteiger partial charge in [-0.15, -0.1) is 10.2 Å². The zero-order valence-corrected chi connectivity index (χ0v) is 20.8. The normalized spacial score (nSPS) is 11.4. The lowest BCUT2D eigenvalue weighted by Crippen LogP contribution is -2.22. The zero-order chi connectivity index (χ0) is 24.8. The highest BCUT2D eigenvalue weighted by atomic mass is 16.5. The van der Waals surface area contributed by atoms with Crippen molar-refractivity contribution in [1.29, 1.82) is 0 Å². The Hall–Kier alpha value is -3.58. The minimum Gasteiger partial charge on any atom is -0.505 e. The molecule has 34 heavy (non-hydrogen) atoms. The van der Waals surface area contributed by atoms with Crippen molar-refractivity contribution in [3.05, 3.63) is 59.2 Å². The van der Waals surface area contributed by atoms with Crippen LogP contribution in [0.3, 0.4) is 0 Å². The number of anilines is 1. The van der Waals surface area contributed by atoms with E-state index in [1.165, 1.54) is 0 Å². The van der Waals surface area contributed by atoms with Gasteiger partial charge in [0.1, 0.15) is 28.6 Å². The summed E-state index contributed by atoms with van der Waals surface area (Å²) in [5.74, 6) is 1.34. The second-order valence-corrected chi connectivity index (χ2v) is 8.18. The first-order chi connectivity index (χ1) is 16.3. The maximum atomic E-state index is 10.7. The van der Waals surface area contributed by atoms with Crippen LogP contribution in [0.15, 0.2) is 52.7 Å². The van der Waals surface area contributed by atoms with Gasteiger partial charge >= 0.3 is 0 Å². The summed E-state index contributed by atoms with van der Waals surface area (Å²) < 4.78 is 10.9. The molecule has 0 radical (unpaired) electrons. The van der Waals surface area contributed by atoms with E-state index in [0.29, 0.717) is 28.6 Å². The molecule has 0 aliphatic heterocycles. The Kier molecular flexibility index (Phi) is 8.12. The number of aryl methyl sites for hydroxylation is 1. The van der Waals surface area contributed by atoms with E-state index in [1.54, 1.807) is 14.2 Å². The van der Waals surface area contributed by atoms with Crippen LogP contribution >= 0.6 is 0 Å². The van der Waals surface area contributed by atoms with Crippen LogP contribution in [-0.4, -0.2) is 37.3 Å². The molecule has 7 nitrogen and oxygen atoms in total. The van der Waals surface area contributed by atoms with Gasteiger partial charge in [0.25, 0.3) is 0 Å². The number of benzene rings is 3. The molecule has 0 heterocycles. The Morgan fingerprint density at radius 1 is 0.882 bits per heavy atom. The predicted octanol–water partition coefficient (Wildman–Crippen LogP) is 6.53. The summed E-state index contributed by atoms with van der Waals surface area (Å²) >= 11 is 0. The van der Waals surface area contributed by atoms with Crippen molar-refractivity contribution >= 4 is 17.1 Å². The maximum Gasteiger partial charge on any atom is 0.146 e. The second kappa shape index (κ2) is 11.0. The van der Waals surface area contributed by atoms with Crippen molar-refractivity contribution in [2.45, 2.75) is 34.2 Å². The molecule has 3 N–H and O–H groups in total. The van der Waals surface area contributed by atoms with Gasteiger partial charge in [-0.2, -0.15) is 0 Å². The van der Waals surface area contributed by atoms with Crippen molar-refractivity contribution in [2.75, 3.05) is 33.0 Å². The first-order valence-corrected chi connectivity index (χ1v) is 11.4. The van der Waals surface area contributed by atoms with Gasteiger partial charge in [0, 0.05) is 6.54 Å². The molecule has 3 aromatic carbocycles. The quantitative estimate of drug-likeness (QED) is 0.278. The molecule has 0 bridgehead atoms. The highest BCUT2D eigenvalue weighted by Crippen LogP contribution is 2.40. The number of ether oxygens (including phenoxy) is 2. The van der Waals surface area contributed by atoms with Crippen molar-refractivity contribution < 1.29 is 14.6 Å². The molecule has 0 aliphatic rings. The largest absolute Gasteiger partial charge is 0.505 e. The lowest BCUT2D eigenvalue weighted by molar-refractivity contribution is 0.295. The topological polar surface area (TPSA) is 92.7 Å². The first kappa shape index (κ1) is 25.1. The summed E-state index contributed by atoms with van der Waals surface area (Å²) in [4.78, 5) is 2.33. The van der Waals surface area contributed by atoms with Crippen LogP contribution in [0.4, 0.5) is 17.1 Å². The third-order valence-electron chi connectivity index (χ3n) is 6.12. The summed E-state index contributed by atoms with van der Waals surface area (Å²) in [6, 6.07) is 13.3. The third kappa shape index (κ3) is 5.31. The lowest BCUT2D eigenvalue weighted by Gasteiger charge is -2.21. The maximum absolute atomic E-state index is 10.7. The van der Waals surface area contributed by atoms with Gasteiger partial charge in [0.2, 0.25) is 0 Å². The van der Waals surface area contributed by atoms with E-state index < -0.39 is 0 Å². The van der Waals surface area contributed by atoms with E-state index in [9.17, 15) is 5.11 Å². The molecule has 0 spiro atoms. The molecule has 180 valence electrons. The molecule has 0 aliphatic carbocycles. The van der Waals surface area contributed by atoms with Crippen LogP contribution in [0.1, 0.15) is 30.5 Å². The number of rotatable bonds is 9. The fourth-order valence-corrected chi connectivity index (χ4v) is 3.86. The van der Waals surface area contributed by atoms with E-state index in [0.717, 1.165) is 47.5 Å². The molecule has 0 atom stereocenters. The van der Waals surface area contributed by atoms with Gasteiger partial charge < -0.3 is 20.3 Å². The molecule has 3 rings (SSSR count). The number of aromatic hydroxyl groups is 1.